The lowest BCUT2D eigenvalue weighted by Crippen LogP contribution is -2.55. The van der Waals surface area contributed by atoms with Gasteiger partial charge in [-0.25, -0.2) is 0 Å². The van der Waals surface area contributed by atoms with Gasteiger partial charge in [0.1, 0.15) is 16.3 Å². The van der Waals surface area contributed by atoms with Crippen LogP contribution in [0.5, 0.6) is 5.75 Å². The fourth-order valence-electron chi connectivity index (χ4n) is 6.68. The lowest BCUT2D eigenvalue weighted by atomic mass is 9.82. The molecule has 2 amide bonds. The number of rotatable bonds is 9. The van der Waals surface area contributed by atoms with E-state index in [4.69, 9.17) is 11.6 Å². The second-order valence-corrected chi connectivity index (χ2v) is 13.6. The number of amides is 2. The van der Waals surface area contributed by atoms with Crippen molar-refractivity contribution in [1.29, 1.82) is 0 Å². The van der Waals surface area contributed by atoms with Crippen molar-refractivity contribution in [1.82, 2.24) is 14.8 Å². The molecule has 0 saturated carbocycles. The number of alkyl halides is 6. The Morgan fingerprint density at radius 3 is 2.39 bits per heavy atom. The molecule has 0 spiro atoms. The highest BCUT2D eigenvalue weighted by Crippen LogP contribution is 2.40. The van der Waals surface area contributed by atoms with E-state index in [1.54, 1.807) is 11.0 Å². The van der Waals surface area contributed by atoms with Gasteiger partial charge in [-0.05, 0) is 73.9 Å². The van der Waals surface area contributed by atoms with E-state index in [9.17, 15) is 45.8 Å². The minimum absolute atomic E-state index is 0.0305. The molecule has 4 heterocycles. The van der Waals surface area contributed by atoms with Crippen LogP contribution in [0.1, 0.15) is 90.0 Å². The first kappa shape index (κ1) is 39.9. The van der Waals surface area contributed by atoms with Gasteiger partial charge in [0.25, 0.3) is 5.91 Å². The maximum absolute atomic E-state index is 14.2. The van der Waals surface area contributed by atoms with Gasteiger partial charge in [-0.2, -0.15) is 26.3 Å². The third-order valence-corrected chi connectivity index (χ3v) is 10.1. The maximum atomic E-state index is 14.2. The first-order valence-electron chi connectivity index (χ1n) is 16.4. The van der Waals surface area contributed by atoms with Gasteiger partial charge in [-0.1, -0.05) is 31.0 Å². The molecule has 2 aliphatic heterocycles. The smallest absolute Gasteiger partial charge is 0.425 e. The average Bonchev–Trinajstić information content (AvgIpc) is 3.58. The Hall–Kier alpha value is -3.85. The molecule has 1 fully saturated rings. The largest absolute Gasteiger partial charge is 0.496 e. The quantitative estimate of drug-likeness (QED) is 0.219. The van der Waals surface area contributed by atoms with Crippen molar-refractivity contribution in [2.75, 3.05) is 20.2 Å². The molecule has 5 rings (SSSR count). The van der Waals surface area contributed by atoms with Crippen LogP contribution in [-0.4, -0.2) is 63.9 Å². The van der Waals surface area contributed by atoms with Gasteiger partial charge in [0.05, 0.1) is 24.6 Å². The summed E-state index contributed by atoms with van der Waals surface area (Å²) in [7, 11) is 1.34. The summed E-state index contributed by atoms with van der Waals surface area (Å²) in [5.41, 5.74) is 0.193. The van der Waals surface area contributed by atoms with Crippen molar-refractivity contribution in [3.63, 3.8) is 0 Å². The number of nitrogens with zero attached hydrogens (tertiary/aromatic N) is 3. The van der Waals surface area contributed by atoms with Crippen LogP contribution in [0.15, 0.2) is 48.0 Å². The number of methoxy groups -OCH3 is 1. The molecule has 0 aliphatic carbocycles. The zero-order valence-corrected chi connectivity index (χ0v) is 29.5. The number of hydrogen-bond acceptors (Lipinski definition) is 6. The number of carbonyl (C=O) groups is 3. The molecule has 1 aromatic carbocycles. The minimum Gasteiger partial charge on any atom is -0.496 e. The summed E-state index contributed by atoms with van der Waals surface area (Å²) in [4.78, 5) is 45.3. The highest BCUT2D eigenvalue weighted by atomic mass is 35.5. The normalized spacial score (nSPS) is 19.1. The third kappa shape index (κ3) is 9.94. The van der Waals surface area contributed by atoms with E-state index in [-0.39, 0.29) is 30.7 Å². The standard InChI is InChI=1S/C29H33ClF3N3O4.C6H5F3OS/c1-2-6-23-21(7-5-15-35(23)28(40)26-22(29(31,32)33)8-4-14-34-26)27(39)36-16-13-18-17-19(30)11-12-20(18)24(36)9-3-10-25(37)38;1-10-4-2-5(11-3-4)6(7,8)9/h4,8,11-12,14,17,21,23-24H,2-3,5-7,9-10,13,15-16H2,1H3,(H,37,38);2-3H,1H3/t21-,23-,24?;/m1./s1. The van der Waals surface area contributed by atoms with Crippen molar-refractivity contribution in [3.05, 3.63) is 80.3 Å². The van der Waals surface area contributed by atoms with Crippen molar-refractivity contribution < 1.29 is 50.6 Å². The van der Waals surface area contributed by atoms with Crippen LogP contribution in [0.25, 0.3) is 0 Å². The fraction of sp³-hybridized carbons (Fsp3) is 0.486. The van der Waals surface area contributed by atoms with Gasteiger partial charge in [0, 0.05) is 48.2 Å². The predicted octanol–water partition coefficient (Wildman–Crippen LogP) is 8.93. The lowest BCUT2D eigenvalue weighted by Gasteiger charge is -2.45. The lowest BCUT2D eigenvalue weighted by molar-refractivity contribution is -0.143. The molecule has 8 nitrogen and oxygen atoms in total. The van der Waals surface area contributed by atoms with Crippen molar-refractivity contribution >= 4 is 40.7 Å². The zero-order valence-electron chi connectivity index (χ0n) is 27.9. The van der Waals surface area contributed by atoms with E-state index in [0.29, 0.717) is 67.8 Å². The summed E-state index contributed by atoms with van der Waals surface area (Å²) >= 11 is 6.84. The van der Waals surface area contributed by atoms with Gasteiger partial charge in [-0.3, -0.25) is 19.4 Å². The Balaban J connectivity index is 0.000000452. The molecule has 16 heteroatoms. The van der Waals surface area contributed by atoms with Crippen LogP contribution in [0, 0.1) is 5.92 Å². The molecule has 2 aliphatic rings. The third-order valence-electron chi connectivity index (χ3n) is 8.96. The number of aromatic nitrogens is 1. The van der Waals surface area contributed by atoms with Crippen molar-refractivity contribution in [2.45, 2.75) is 82.7 Å². The summed E-state index contributed by atoms with van der Waals surface area (Å²) in [6.07, 6.45) is -4.38. The second kappa shape index (κ2) is 17.1. The van der Waals surface area contributed by atoms with Crippen LogP contribution in [0.2, 0.25) is 5.02 Å². The second-order valence-electron chi connectivity index (χ2n) is 12.3. The number of hydrogen-bond donors (Lipinski definition) is 1. The first-order chi connectivity index (χ1) is 24.1. The van der Waals surface area contributed by atoms with Gasteiger partial charge in [0.2, 0.25) is 5.91 Å². The van der Waals surface area contributed by atoms with Gasteiger partial charge in [0.15, 0.2) is 0 Å². The Kier molecular flexibility index (Phi) is 13.4. The number of carbonyl (C=O) groups excluding carboxylic acids is 2. The first-order valence-corrected chi connectivity index (χ1v) is 17.7. The molecule has 1 unspecified atom stereocenters. The number of carboxylic acid groups (broad SMARTS) is 1. The minimum atomic E-state index is -4.74. The van der Waals surface area contributed by atoms with Crippen LogP contribution in [0.4, 0.5) is 26.3 Å². The molecule has 2 aromatic heterocycles. The summed E-state index contributed by atoms with van der Waals surface area (Å²) in [5.74, 6) is -2.23. The van der Waals surface area contributed by atoms with E-state index < -0.39 is 52.3 Å². The predicted molar refractivity (Wildman–Crippen MR) is 179 cm³/mol. The number of benzene rings is 1. The molecule has 278 valence electrons. The van der Waals surface area contributed by atoms with Gasteiger partial charge < -0.3 is 19.6 Å². The molecule has 3 atom stereocenters. The van der Waals surface area contributed by atoms with Crippen LogP contribution < -0.4 is 4.74 Å². The summed E-state index contributed by atoms with van der Waals surface area (Å²) in [6.45, 7) is 2.56. The summed E-state index contributed by atoms with van der Waals surface area (Å²) < 4.78 is 81.4. The molecule has 0 radical (unpaired) electrons. The topological polar surface area (TPSA) is 100 Å². The summed E-state index contributed by atoms with van der Waals surface area (Å²) in [5, 5.41) is 11.1. The van der Waals surface area contributed by atoms with Crippen LogP contribution in [0.3, 0.4) is 0 Å². The van der Waals surface area contributed by atoms with E-state index in [1.165, 1.54) is 23.6 Å². The Labute approximate surface area is 300 Å². The molecule has 3 aromatic rings. The number of ether oxygens (including phenoxy) is 1. The van der Waals surface area contributed by atoms with E-state index in [1.807, 2.05) is 19.1 Å². The SMILES string of the molecule is CCC[C@@H]1[C@H](C(=O)N2CCc3cc(Cl)ccc3C2CCCC(=O)O)CCCN1C(=O)c1ncccc1C(F)(F)F.COc1csc(C(F)(F)F)c1. The Morgan fingerprint density at radius 2 is 1.78 bits per heavy atom. The number of fused-ring (bicyclic) bond motifs is 1. The van der Waals surface area contributed by atoms with E-state index in [0.717, 1.165) is 29.3 Å². The molecule has 1 N–H and O–H groups in total. The highest BCUT2D eigenvalue weighted by molar-refractivity contribution is 7.10. The zero-order chi connectivity index (χ0) is 37.5. The number of halogens is 7. The average molecular weight is 762 g/mol. The highest BCUT2D eigenvalue weighted by Gasteiger charge is 2.44. The number of piperidine rings is 1. The van der Waals surface area contributed by atoms with Crippen molar-refractivity contribution in [2.24, 2.45) is 5.92 Å². The monoisotopic (exact) mass is 761 g/mol. The number of thiophene rings is 1. The maximum Gasteiger partial charge on any atom is 0.425 e. The van der Waals surface area contributed by atoms with Crippen molar-refractivity contribution in [3.8, 4) is 5.75 Å². The van der Waals surface area contributed by atoms with Gasteiger partial charge in [-0.15, -0.1) is 11.3 Å². The molecular formula is C35H38ClF6N3O5S. The molecule has 0 bridgehead atoms. The fourth-order valence-corrected chi connectivity index (χ4v) is 7.60. The van der Waals surface area contributed by atoms with Crippen LogP contribution in [-0.2, 0) is 28.4 Å². The summed E-state index contributed by atoms with van der Waals surface area (Å²) in [6, 6.07) is 7.55. The van der Waals surface area contributed by atoms with Gasteiger partial charge >= 0.3 is 18.3 Å². The number of carboxylic acids is 1. The van der Waals surface area contributed by atoms with Crippen LogP contribution >= 0.6 is 22.9 Å². The molecule has 51 heavy (non-hydrogen) atoms. The number of aliphatic carboxylic acids is 1. The Bertz CT molecular complexity index is 1680. The Morgan fingerprint density at radius 1 is 1.04 bits per heavy atom. The molecule has 1 saturated heterocycles. The number of pyridine rings is 1. The number of likely N-dealkylation sites (tertiary alicyclic amines) is 1. The van der Waals surface area contributed by atoms with E-state index in [2.05, 4.69) is 9.72 Å². The molecular weight excluding hydrogens is 724 g/mol. The van der Waals surface area contributed by atoms with E-state index >= 15 is 0 Å².